The molecule has 1 aromatic rings. The summed E-state index contributed by atoms with van der Waals surface area (Å²) in [7, 11) is 2.01. The summed E-state index contributed by atoms with van der Waals surface area (Å²) in [5, 5.41) is 1.53. The standard InChI is InChI=1S/C18H26N4O3/c1-20-12-18(13-21(14-18)10-15-6-2-3-7-19-15)24-11-16(20)17(23)22-8-4-5-9-25-22/h2-3,6-7,16H,4-5,8-14H2,1H3/t16-/m0/s1. The fourth-order valence-electron chi connectivity index (χ4n) is 3.98. The number of aromatic nitrogens is 1. The number of rotatable bonds is 3. The van der Waals surface area contributed by atoms with E-state index in [1.54, 1.807) is 0 Å². The largest absolute Gasteiger partial charge is 0.369 e. The van der Waals surface area contributed by atoms with Gasteiger partial charge in [-0.15, -0.1) is 0 Å². The van der Waals surface area contributed by atoms with Crippen molar-refractivity contribution in [1.29, 1.82) is 0 Å². The number of nitrogens with zero attached hydrogens (tertiary/aromatic N) is 4. The van der Waals surface area contributed by atoms with Gasteiger partial charge in [-0.05, 0) is 32.0 Å². The first kappa shape index (κ1) is 16.9. The van der Waals surface area contributed by atoms with Crippen LogP contribution in [0.15, 0.2) is 24.4 Å². The highest BCUT2D eigenvalue weighted by Gasteiger charge is 2.50. The highest BCUT2D eigenvalue weighted by Crippen LogP contribution is 2.31. The van der Waals surface area contributed by atoms with E-state index in [0.717, 1.165) is 44.7 Å². The van der Waals surface area contributed by atoms with Gasteiger partial charge in [0.15, 0.2) is 0 Å². The Morgan fingerprint density at radius 2 is 2.20 bits per heavy atom. The number of pyridine rings is 1. The van der Waals surface area contributed by atoms with Gasteiger partial charge in [-0.2, -0.15) is 0 Å². The molecule has 1 aromatic heterocycles. The number of carbonyl (C=O) groups excluding carboxylic acids is 1. The Balaban J connectivity index is 1.29. The molecule has 3 aliphatic rings. The first-order valence-electron chi connectivity index (χ1n) is 9.06. The molecule has 3 fully saturated rings. The van der Waals surface area contributed by atoms with Crippen LogP contribution in [0.1, 0.15) is 18.5 Å². The molecule has 3 saturated heterocycles. The van der Waals surface area contributed by atoms with Crippen molar-refractivity contribution in [3.05, 3.63) is 30.1 Å². The van der Waals surface area contributed by atoms with Crippen LogP contribution < -0.4 is 0 Å². The van der Waals surface area contributed by atoms with E-state index in [-0.39, 0.29) is 17.6 Å². The number of hydroxylamine groups is 2. The zero-order valence-corrected chi connectivity index (χ0v) is 14.8. The second-order valence-corrected chi connectivity index (χ2v) is 7.37. The summed E-state index contributed by atoms with van der Waals surface area (Å²) in [4.78, 5) is 27.0. The molecule has 4 heterocycles. The maximum atomic E-state index is 12.6. The van der Waals surface area contributed by atoms with E-state index in [4.69, 9.17) is 9.57 Å². The van der Waals surface area contributed by atoms with Crippen LogP contribution in [-0.4, -0.2) is 83.8 Å². The van der Waals surface area contributed by atoms with E-state index in [1.807, 2.05) is 31.4 Å². The summed E-state index contributed by atoms with van der Waals surface area (Å²) >= 11 is 0. The minimum atomic E-state index is -0.242. The molecule has 1 spiro atoms. The number of likely N-dealkylation sites (N-methyl/N-ethyl adjacent to an activating group) is 1. The number of likely N-dealkylation sites (tertiary alicyclic amines) is 1. The second-order valence-electron chi connectivity index (χ2n) is 7.37. The zero-order chi connectivity index (χ0) is 17.3. The normalized spacial score (nSPS) is 27.2. The van der Waals surface area contributed by atoms with Crippen LogP contribution in [0.3, 0.4) is 0 Å². The molecule has 0 aromatic carbocycles. The maximum absolute atomic E-state index is 12.6. The number of morpholine rings is 1. The highest BCUT2D eigenvalue weighted by atomic mass is 16.7. The van der Waals surface area contributed by atoms with E-state index in [2.05, 4.69) is 14.8 Å². The Bertz CT molecular complexity index is 600. The number of ether oxygens (including phenoxy) is 1. The molecule has 3 aliphatic heterocycles. The summed E-state index contributed by atoms with van der Waals surface area (Å²) in [5.41, 5.74) is 0.931. The molecule has 0 N–H and O–H groups in total. The van der Waals surface area contributed by atoms with E-state index in [0.29, 0.717) is 19.8 Å². The van der Waals surface area contributed by atoms with Crippen molar-refractivity contribution in [2.75, 3.05) is 46.4 Å². The molecular weight excluding hydrogens is 320 g/mol. The van der Waals surface area contributed by atoms with Gasteiger partial charge in [0.05, 0.1) is 18.9 Å². The van der Waals surface area contributed by atoms with Crippen LogP contribution in [0.25, 0.3) is 0 Å². The van der Waals surface area contributed by atoms with Crippen LogP contribution in [0.5, 0.6) is 0 Å². The second kappa shape index (κ2) is 6.99. The van der Waals surface area contributed by atoms with Crippen LogP contribution in [0, 0.1) is 0 Å². The van der Waals surface area contributed by atoms with E-state index < -0.39 is 0 Å². The van der Waals surface area contributed by atoms with Gasteiger partial charge in [0.2, 0.25) is 0 Å². The summed E-state index contributed by atoms with van der Waals surface area (Å²) in [6.07, 6.45) is 3.86. The van der Waals surface area contributed by atoms with Crippen LogP contribution in [0.2, 0.25) is 0 Å². The van der Waals surface area contributed by atoms with Gasteiger partial charge in [-0.1, -0.05) is 6.07 Å². The smallest absolute Gasteiger partial charge is 0.265 e. The number of carbonyl (C=O) groups is 1. The van der Waals surface area contributed by atoms with Crippen molar-refractivity contribution >= 4 is 5.91 Å². The zero-order valence-electron chi connectivity index (χ0n) is 14.8. The lowest BCUT2D eigenvalue weighted by Crippen LogP contribution is -2.72. The van der Waals surface area contributed by atoms with Crippen LogP contribution in [0.4, 0.5) is 0 Å². The molecule has 0 bridgehead atoms. The lowest BCUT2D eigenvalue weighted by molar-refractivity contribution is -0.224. The van der Waals surface area contributed by atoms with Gasteiger partial charge in [0.25, 0.3) is 5.91 Å². The summed E-state index contributed by atoms with van der Waals surface area (Å²) in [6.45, 7) is 5.15. The predicted molar refractivity (Wildman–Crippen MR) is 91.5 cm³/mol. The minimum absolute atomic E-state index is 0.0294. The van der Waals surface area contributed by atoms with E-state index >= 15 is 0 Å². The Kier molecular flexibility index (Phi) is 4.73. The third kappa shape index (κ3) is 3.55. The molecule has 0 unspecified atom stereocenters. The quantitative estimate of drug-likeness (QED) is 0.795. The van der Waals surface area contributed by atoms with Gasteiger partial charge in [-0.3, -0.25) is 24.4 Å². The van der Waals surface area contributed by atoms with Gasteiger partial charge >= 0.3 is 0 Å². The molecule has 1 atom stereocenters. The third-order valence-corrected chi connectivity index (χ3v) is 5.29. The molecule has 7 heteroatoms. The van der Waals surface area contributed by atoms with Gasteiger partial charge < -0.3 is 4.74 Å². The average molecular weight is 346 g/mol. The van der Waals surface area contributed by atoms with Crippen LogP contribution in [-0.2, 0) is 20.9 Å². The first-order valence-corrected chi connectivity index (χ1v) is 9.06. The minimum Gasteiger partial charge on any atom is -0.369 e. The molecular formula is C18H26N4O3. The maximum Gasteiger partial charge on any atom is 0.265 e. The van der Waals surface area contributed by atoms with Gasteiger partial charge in [0, 0.05) is 38.9 Å². The van der Waals surface area contributed by atoms with Crippen molar-refractivity contribution in [3.63, 3.8) is 0 Å². The fourth-order valence-corrected chi connectivity index (χ4v) is 3.98. The molecule has 25 heavy (non-hydrogen) atoms. The monoisotopic (exact) mass is 346 g/mol. The van der Waals surface area contributed by atoms with Gasteiger partial charge in [-0.25, -0.2) is 5.06 Å². The number of hydrogen-bond acceptors (Lipinski definition) is 6. The molecule has 0 aliphatic carbocycles. The first-order chi connectivity index (χ1) is 12.2. The van der Waals surface area contributed by atoms with E-state index in [1.165, 1.54) is 5.06 Å². The third-order valence-electron chi connectivity index (χ3n) is 5.29. The Morgan fingerprint density at radius 3 is 2.88 bits per heavy atom. The summed E-state index contributed by atoms with van der Waals surface area (Å²) < 4.78 is 6.16. The highest BCUT2D eigenvalue weighted by molar-refractivity contribution is 5.81. The van der Waals surface area contributed by atoms with Gasteiger partial charge in [0.1, 0.15) is 11.6 Å². The van der Waals surface area contributed by atoms with Crippen molar-refractivity contribution in [2.24, 2.45) is 0 Å². The SMILES string of the molecule is CN1CC2(CN(Cc3ccccn3)C2)OC[C@H]1C(=O)N1CCCCO1. The van der Waals surface area contributed by atoms with Crippen molar-refractivity contribution in [2.45, 2.75) is 31.0 Å². The summed E-state index contributed by atoms with van der Waals surface area (Å²) in [6, 6.07) is 5.76. The fraction of sp³-hybridized carbons (Fsp3) is 0.667. The Hall–Kier alpha value is -1.54. The summed E-state index contributed by atoms with van der Waals surface area (Å²) in [5.74, 6) is 0.0294. The Morgan fingerprint density at radius 1 is 1.32 bits per heavy atom. The lowest BCUT2D eigenvalue weighted by atomic mass is 9.90. The number of hydrogen-bond donors (Lipinski definition) is 0. The molecule has 136 valence electrons. The van der Waals surface area contributed by atoms with Crippen molar-refractivity contribution in [3.8, 4) is 0 Å². The average Bonchev–Trinajstić information content (AvgIpc) is 2.62. The van der Waals surface area contributed by atoms with Crippen molar-refractivity contribution in [1.82, 2.24) is 19.8 Å². The topological polar surface area (TPSA) is 58.1 Å². The van der Waals surface area contributed by atoms with Crippen molar-refractivity contribution < 1.29 is 14.4 Å². The molecule has 7 nitrogen and oxygen atoms in total. The molecule has 0 radical (unpaired) electrons. The molecule has 1 amide bonds. The number of amides is 1. The lowest BCUT2D eigenvalue weighted by Gasteiger charge is -2.55. The Labute approximate surface area is 148 Å². The van der Waals surface area contributed by atoms with Crippen LogP contribution >= 0.6 is 0 Å². The molecule has 4 rings (SSSR count). The predicted octanol–water partition coefficient (Wildman–Crippen LogP) is 0.521. The molecule has 0 saturated carbocycles. The van der Waals surface area contributed by atoms with E-state index in [9.17, 15) is 4.79 Å².